The Balaban J connectivity index is 1.83. The lowest BCUT2D eigenvalue weighted by molar-refractivity contribution is -0.135. The molecule has 0 N–H and O–H groups in total. The highest BCUT2D eigenvalue weighted by Gasteiger charge is 2.27. The number of oxazole rings is 1. The van der Waals surface area contributed by atoms with Crippen molar-refractivity contribution in [3.8, 4) is 0 Å². The van der Waals surface area contributed by atoms with E-state index in [0.29, 0.717) is 11.8 Å². The molecule has 0 spiro atoms. The Labute approximate surface area is 144 Å². The average molecular weight is 339 g/mol. The molecule has 1 fully saturated rings. The topological polar surface area (TPSA) is 46.3 Å². The first-order valence-corrected chi connectivity index (χ1v) is 9.93. The Hall–Kier alpha value is -0.970. The van der Waals surface area contributed by atoms with Crippen molar-refractivity contribution in [2.75, 3.05) is 25.1 Å². The number of amides is 1. The summed E-state index contributed by atoms with van der Waals surface area (Å²) in [6, 6.07) is 0. The van der Waals surface area contributed by atoms with Crippen molar-refractivity contribution in [1.82, 2.24) is 9.88 Å². The first kappa shape index (κ1) is 18.4. The van der Waals surface area contributed by atoms with Crippen LogP contribution in [0.25, 0.3) is 0 Å². The summed E-state index contributed by atoms with van der Waals surface area (Å²) in [4.78, 5) is 19.0. The van der Waals surface area contributed by atoms with Crippen LogP contribution in [0.1, 0.15) is 52.1 Å². The Kier molecular flexibility index (Phi) is 6.18. The van der Waals surface area contributed by atoms with Crippen molar-refractivity contribution in [2.45, 2.75) is 52.4 Å². The molecule has 23 heavy (non-hydrogen) atoms. The lowest BCUT2D eigenvalue weighted by Crippen LogP contribution is -2.42. The number of hydrogen-bond donors (Lipinski definition) is 0. The Morgan fingerprint density at radius 3 is 2.61 bits per heavy atom. The minimum absolute atomic E-state index is 0.0327. The van der Waals surface area contributed by atoms with Crippen LogP contribution in [-0.4, -0.2) is 40.9 Å². The van der Waals surface area contributed by atoms with Gasteiger partial charge in [-0.1, -0.05) is 27.7 Å². The second-order valence-electron chi connectivity index (χ2n) is 7.71. The van der Waals surface area contributed by atoms with Gasteiger partial charge in [-0.05, 0) is 25.0 Å². The van der Waals surface area contributed by atoms with E-state index < -0.39 is 0 Å². The van der Waals surface area contributed by atoms with Crippen LogP contribution in [0.4, 0.5) is 0 Å². The monoisotopic (exact) mass is 338 g/mol. The fourth-order valence-electron chi connectivity index (χ4n) is 2.99. The normalized spacial score (nSPS) is 18.2. The molecule has 0 radical (unpaired) electrons. The maximum absolute atomic E-state index is 12.3. The predicted molar refractivity (Wildman–Crippen MR) is 95.8 cm³/mol. The number of nitrogens with zero attached hydrogens (tertiary/aromatic N) is 2. The molecule has 1 aromatic rings. The number of carbonyl (C=O) groups excluding carboxylic acids is 1. The number of hydrogen-bond acceptors (Lipinski definition) is 4. The molecule has 1 aliphatic heterocycles. The van der Waals surface area contributed by atoms with E-state index in [4.69, 9.17) is 4.42 Å². The Morgan fingerprint density at radius 1 is 1.43 bits per heavy atom. The second kappa shape index (κ2) is 7.73. The molecule has 1 aromatic heterocycles. The lowest BCUT2D eigenvalue weighted by Gasteiger charge is -2.33. The van der Waals surface area contributed by atoms with Crippen molar-refractivity contribution in [3.63, 3.8) is 0 Å². The zero-order valence-corrected chi connectivity index (χ0v) is 15.9. The molecule has 1 aliphatic rings. The molecule has 0 bridgehead atoms. The highest BCUT2D eigenvalue weighted by atomic mass is 32.2. The molecule has 0 aromatic carbocycles. The second-order valence-corrected chi connectivity index (χ2v) is 8.62. The molecule has 5 heteroatoms. The largest absolute Gasteiger partial charge is 0.449 e. The van der Waals surface area contributed by atoms with Crippen molar-refractivity contribution in [1.29, 1.82) is 0 Å². The molecule has 1 atom stereocenters. The van der Waals surface area contributed by atoms with Gasteiger partial charge in [0.05, 0.1) is 5.69 Å². The van der Waals surface area contributed by atoms with Gasteiger partial charge in [-0.3, -0.25) is 4.79 Å². The number of thioether (sulfide) groups is 1. The first-order valence-electron chi connectivity index (χ1n) is 8.54. The predicted octanol–water partition coefficient (Wildman–Crippen LogP) is 3.75. The molecule has 0 saturated carbocycles. The van der Waals surface area contributed by atoms with Crippen LogP contribution in [0.5, 0.6) is 0 Å². The third-order valence-electron chi connectivity index (χ3n) is 4.55. The quantitative estimate of drug-likeness (QED) is 0.820. The third kappa shape index (κ3) is 5.00. The summed E-state index contributed by atoms with van der Waals surface area (Å²) in [5.41, 5.74) is 1.05. The highest BCUT2D eigenvalue weighted by molar-refractivity contribution is 7.98. The number of carbonyl (C=O) groups is 1. The third-order valence-corrected chi connectivity index (χ3v) is 5.38. The number of piperidine rings is 1. The zero-order chi connectivity index (χ0) is 17.0. The Morgan fingerprint density at radius 2 is 2.09 bits per heavy atom. The summed E-state index contributed by atoms with van der Waals surface area (Å²) < 4.78 is 5.64. The van der Waals surface area contributed by atoms with E-state index in [1.165, 1.54) is 0 Å². The molecular formula is C18H30N2O2S. The summed E-state index contributed by atoms with van der Waals surface area (Å²) in [7, 11) is 0. The maximum atomic E-state index is 12.3. The highest BCUT2D eigenvalue weighted by Crippen LogP contribution is 2.26. The van der Waals surface area contributed by atoms with Crippen LogP contribution in [0.15, 0.2) is 10.7 Å². The van der Waals surface area contributed by atoms with E-state index in [1.807, 2.05) is 11.8 Å². The van der Waals surface area contributed by atoms with Gasteiger partial charge in [0.1, 0.15) is 6.26 Å². The molecule has 0 aliphatic carbocycles. The summed E-state index contributed by atoms with van der Waals surface area (Å²) in [6.07, 6.45) is 6.82. The fourth-order valence-corrected chi connectivity index (χ4v) is 3.63. The van der Waals surface area contributed by atoms with Crippen LogP contribution >= 0.6 is 11.8 Å². The van der Waals surface area contributed by atoms with Gasteiger partial charge in [-0.25, -0.2) is 4.98 Å². The van der Waals surface area contributed by atoms with Crippen LogP contribution in [0, 0.1) is 11.8 Å². The summed E-state index contributed by atoms with van der Waals surface area (Å²) >= 11 is 1.74. The van der Waals surface area contributed by atoms with Crippen molar-refractivity contribution >= 4 is 17.7 Å². The number of likely N-dealkylation sites (tertiary alicyclic amines) is 1. The molecule has 2 heterocycles. The van der Waals surface area contributed by atoms with Gasteiger partial charge in [0, 0.05) is 36.6 Å². The smallest absolute Gasteiger partial charge is 0.226 e. The molecule has 0 unspecified atom stereocenters. The van der Waals surface area contributed by atoms with E-state index in [0.717, 1.165) is 49.7 Å². The number of rotatable bonds is 5. The van der Waals surface area contributed by atoms with Gasteiger partial charge in [0.2, 0.25) is 5.91 Å². The van der Waals surface area contributed by atoms with Crippen LogP contribution in [0.3, 0.4) is 0 Å². The number of aromatic nitrogens is 1. The van der Waals surface area contributed by atoms with Gasteiger partial charge in [0.15, 0.2) is 5.89 Å². The molecule has 1 amide bonds. The van der Waals surface area contributed by atoms with Crippen LogP contribution in [0.2, 0.25) is 0 Å². The van der Waals surface area contributed by atoms with Crippen LogP contribution in [-0.2, 0) is 16.6 Å². The van der Waals surface area contributed by atoms with E-state index in [2.05, 4.69) is 32.0 Å². The SMILES string of the molecule is CSC[C@H](C)C(=O)N1CCC(Cc2nc(C(C)(C)C)co2)CC1. The molecule has 2 rings (SSSR count). The zero-order valence-electron chi connectivity index (χ0n) is 15.1. The molecule has 1 saturated heterocycles. The summed E-state index contributed by atoms with van der Waals surface area (Å²) in [5, 5.41) is 0. The van der Waals surface area contributed by atoms with Gasteiger partial charge in [-0.2, -0.15) is 11.8 Å². The van der Waals surface area contributed by atoms with E-state index in [9.17, 15) is 4.79 Å². The van der Waals surface area contributed by atoms with Gasteiger partial charge >= 0.3 is 0 Å². The summed E-state index contributed by atoms with van der Waals surface area (Å²) in [6.45, 7) is 10.2. The summed E-state index contributed by atoms with van der Waals surface area (Å²) in [5.74, 6) is 2.76. The van der Waals surface area contributed by atoms with Crippen molar-refractivity contribution in [2.24, 2.45) is 11.8 Å². The fraction of sp³-hybridized carbons (Fsp3) is 0.778. The minimum atomic E-state index is 0.0327. The van der Waals surface area contributed by atoms with Gasteiger partial charge in [0.25, 0.3) is 0 Å². The van der Waals surface area contributed by atoms with Gasteiger partial charge in [-0.15, -0.1) is 0 Å². The van der Waals surface area contributed by atoms with E-state index in [1.54, 1.807) is 18.0 Å². The van der Waals surface area contributed by atoms with E-state index in [-0.39, 0.29) is 11.3 Å². The first-order chi connectivity index (χ1) is 10.8. The molecule has 4 nitrogen and oxygen atoms in total. The van der Waals surface area contributed by atoms with Gasteiger partial charge < -0.3 is 9.32 Å². The van der Waals surface area contributed by atoms with Crippen molar-refractivity contribution < 1.29 is 9.21 Å². The van der Waals surface area contributed by atoms with E-state index >= 15 is 0 Å². The van der Waals surface area contributed by atoms with Crippen LogP contribution < -0.4 is 0 Å². The Bertz CT molecular complexity index is 513. The molecule has 130 valence electrons. The lowest BCUT2D eigenvalue weighted by atomic mass is 9.92. The standard InChI is InChI=1S/C18H30N2O2S/c1-13(12-23-5)17(21)20-8-6-14(7-9-20)10-16-19-15(11-22-16)18(2,3)4/h11,13-14H,6-10,12H2,1-5H3/t13-/m0/s1. The maximum Gasteiger partial charge on any atom is 0.226 e. The average Bonchev–Trinajstić information content (AvgIpc) is 2.96. The van der Waals surface area contributed by atoms with Crippen molar-refractivity contribution in [3.05, 3.63) is 17.8 Å². The minimum Gasteiger partial charge on any atom is -0.449 e. The molecular weight excluding hydrogens is 308 g/mol.